The van der Waals surface area contributed by atoms with Crippen molar-refractivity contribution in [3.63, 3.8) is 0 Å². The molecule has 0 aliphatic heterocycles. The van der Waals surface area contributed by atoms with Gasteiger partial charge in [0.2, 0.25) is 0 Å². The Hall–Kier alpha value is -0.900. The maximum Gasteiger partial charge on any atom is 0.191 e. The highest BCUT2D eigenvalue weighted by Crippen LogP contribution is 2.02. The Kier molecular flexibility index (Phi) is 12.0. The number of ether oxygens (including phenoxy) is 1. The summed E-state index contributed by atoms with van der Waals surface area (Å²) in [5.74, 6) is 3.27. The molecule has 0 bridgehead atoms. The fourth-order valence-corrected chi connectivity index (χ4v) is 1.90. The number of methoxy groups -OCH3 is 1. The predicted octanol–water partition coefficient (Wildman–Crippen LogP) is 1.86. The minimum absolute atomic E-state index is 0. The van der Waals surface area contributed by atoms with Gasteiger partial charge in [0.05, 0.1) is 6.61 Å². The third kappa shape index (κ3) is 9.09. The van der Waals surface area contributed by atoms with E-state index in [1.807, 2.05) is 18.5 Å². The third-order valence-corrected chi connectivity index (χ3v) is 3.41. The average Bonchev–Trinajstić information content (AvgIpc) is 2.80. The zero-order valence-corrected chi connectivity index (χ0v) is 17.3. The van der Waals surface area contributed by atoms with E-state index in [0.717, 1.165) is 43.0 Å². The molecular weight excluding hydrogens is 407 g/mol. The van der Waals surface area contributed by atoms with Crippen LogP contribution in [0.4, 0.5) is 0 Å². The van der Waals surface area contributed by atoms with Gasteiger partial charge in [-0.3, -0.25) is 0 Å². The molecule has 1 rings (SSSR count). The summed E-state index contributed by atoms with van der Waals surface area (Å²) in [4.78, 5) is 4.57. The molecule has 0 spiro atoms. The standard InChI is InChI=1S/C15H30N6O.HI/c1-12(2)7-6-8-16-15(17-9-10-22-5)18-11-14-20-19-13(3)21(14)4;/h12H,6-11H2,1-5H3,(H2,16,17,18);1H. The maximum absolute atomic E-state index is 5.06. The molecule has 0 aliphatic carbocycles. The van der Waals surface area contributed by atoms with Crippen molar-refractivity contribution in [2.24, 2.45) is 18.0 Å². The van der Waals surface area contributed by atoms with E-state index >= 15 is 0 Å². The normalized spacial score (nSPS) is 11.5. The SMILES string of the molecule is COCCNC(=NCc1nnc(C)n1C)NCCCC(C)C.I. The van der Waals surface area contributed by atoms with Crippen LogP contribution >= 0.6 is 24.0 Å². The van der Waals surface area contributed by atoms with Crippen LogP contribution in [-0.4, -0.2) is 47.5 Å². The van der Waals surface area contributed by atoms with E-state index in [2.05, 4.69) is 39.7 Å². The van der Waals surface area contributed by atoms with Crippen molar-refractivity contribution in [1.82, 2.24) is 25.4 Å². The number of hydrogen-bond donors (Lipinski definition) is 2. The fraction of sp³-hybridized carbons (Fsp3) is 0.800. The quantitative estimate of drug-likeness (QED) is 0.267. The Morgan fingerprint density at radius 1 is 1.26 bits per heavy atom. The van der Waals surface area contributed by atoms with Gasteiger partial charge in [-0.1, -0.05) is 13.8 Å². The fourth-order valence-electron chi connectivity index (χ4n) is 1.90. The summed E-state index contributed by atoms with van der Waals surface area (Å²) in [6, 6.07) is 0. The molecule has 0 amide bonds. The topological polar surface area (TPSA) is 76.4 Å². The molecule has 0 unspecified atom stereocenters. The van der Waals surface area contributed by atoms with Gasteiger partial charge in [-0.25, -0.2) is 4.99 Å². The number of aromatic nitrogens is 3. The average molecular weight is 438 g/mol. The Labute approximate surface area is 156 Å². The molecule has 0 fully saturated rings. The highest BCUT2D eigenvalue weighted by Gasteiger charge is 2.05. The first-order valence-electron chi connectivity index (χ1n) is 7.90. The summed E-state index contributed by atoms with van der Waals surface area (Å²) >= 11 is 0. The summed E-state index contributed by atoms with van der Waals surface area (Å²) in [6.45, 7) is 9.20. The van der Waals surface area contributed by atoms with E-state index in [4.69, 9.17) is 4.74 Å². The molecule has 8 heteroatoms. The molecule has 0 aliphatic rings. The van der Waals surface area contributed by atoms with Crippen LogP contribution in [0.2, 0.25) is 0 Å². The van der Waals surface area contributed by atoms with Crippen LogP contribution in [0.1, 0.15) is 38.3 Å². The lowest BCUT2D eigenvalue weighted by Crippen LogP contribution is -2.39. The van der Waals surface area contributed by atoms with Crippen LogP contribution in [0.25, 0.3) is 0 Å². The smallest absolute Gasteiger partial charge is 0.191 e. The van der Waals surface area contributed by atoms with Crippen molar-refractivity contribution in [2.45, 2.75) is 40.2 Å². The van der Waals surface area contributed by atoms with E-state index in [0.29, 0.717) is 13.2 Å². The largest absolute Gasteiger partial charge is 0.383 e. The zero-order chi connectivity index (χ0) is 16.4. The molecule has 1 aromatic heterocycles. The lowest BCUT2D eigenvalue weighted by Gasteiger charge is -2.13. The second kappa shape index (κ2) is 12.5. The molecule has 0 atom stereocenters. The summed E-state index contributed by atoms with van der Waals surface area (Å²) in [5, 5.41) is 14.8. The minimum Gasteiger partial charge on any atom is -0.383 e. The number of halogens is 1. The van der Waals surface area contributed by atoms with Crippen LogP contribution in [0, 0.1) is 12.8 Å². The van der Waals surface area contributed by atoms with Gasteiger partial charge < -0.3 is 19.9 Å². The van der Waals surface area contributed by atoms with E-state index < -0.39 is 0 Å². The lowest BCUT2D eigenvalue weighted by atomic mass is 10.1. The van der Waals surface area contributed by atoms with Crippen molar-refractivity contribution in [1.29, 1.82) is 0 Å². The zero-order valence-electron chi connectivity index (χ0n) is 14.9. The van der Waals surface area contributed by atoms with Gasteiger partial charge in [-0.05, 0) is 25.7 Å². The summed E-state index contributed by atoms with van der Waals surface area (Å²) in [6.07, 6.45) is 2.34. The van der Waals surface area contributed by atoms with Gasteiger partial charge in [0.15, 0.2) is 11.8 Å². The molecule has 0 radical (unpaired) electrons. The van der Waals surface area contributed by atoms with Crippen molar-refractivity contribution in [3.8, 4) is 0 Å². The first-order valence-corrected chi connectivity index (χ1v) is 7.90. The minimum atomic E-state index is 0. The maximum atomic E-state index is 5.06. The van der Waals surface area contributed by atoms with Crippen LogP contribution in [-0.2, 0) is 18.3 Å². The van der Waals surface area contributed by atoms with E-state index in [-0.39, 0.29) is 24.0 Å². The molecule has 0 saturated heterocycles. The van der Waals surface area contributed by atoms with Gasteiger partial charge in [-0.15, -0.1) is 34.2 Å². The van der Waals surface area contributed by atoms with Gasteiger partial charge in [0.1, 0.15) is 12.4 Å². The number of nitrogens with one attached hydrogen (secondary N) is 2. The number of nitrogens with zero attached hydrogens (tertiary/aromatic N) is 4. The number of hydrogen-bond acceptors (Lipinski definition) is 4. The van der Waals surface area contributed by atoms with E-state index in [1.54, 1.807) is 7.11 Å². The van der Waals surface area contributed by atoms with Crippen LogP contribution in [0.5, 0.6) is 0 Å². The molecule has 1 aromatic rings. The second-order valence-corrected chi connectivity index (χ2v) is 5.77. The van der Waals surface area contributed by atoms with Crippen molar-refractivity contribution >= 4 is 29.9 Å². The van der Waals surface area contributed by atoms with E-state index in [1.165, 1.54) is 6.42 Å². The van der Waals surface area contributed by atoms with E-state index in [9.17, 15) is 0 Å². The molecule has 0 saturated carbocycles. The summed E-state index contributed by atoms with van der Waals surface area (Å²) in [7, 11) is 3.64. The Morgan fingerprint density at radius 3 is 2.52 bits per heavy atom. The van der Waals surface area contributed by atoms with Gasteiger partial charge in [0.25, 0.3) is 0 Å². The first-order chi connectivity index (χ1) is 10.5. The molecule has 134 valence electrons. The molecule has 0 aromatic carbocycles. The molecule has 23 heavy (non-hydrogen) atoms. The van der Waals surface area contributed by atoms with Crippen LogP contribution in [0.15, 0.2) is 4.99 Å². The van der Waals surface area contributed by atoms with Crippen molar-refractivity contribution < 1.29 is 4.74 Å². The second-order valence-electron chi connectivity index (χ2n) is 5.77. The molecular formula is C15H31IN6O. The molecule has 7 nitrogen and oxygen atoms in total. The highest BCUT2D eigenvalue weighted by atomic mass is 127. The first kappa shape index (κ1) is 22.1. The van der Waals surface area contributed by atoms with Crippen LogP contribution in [0.3, 0.4) is 0 Å². The van der Waals surface area contributed by atoms with Crippen molar-refractivity contribution in [2.75, 3.05) is 26.8 Å². The van der Waals surface area contributed by atoms with Crippen LogP contribution < -0.4 is 10.6 Å². The summed E-state index contributed by atoms with van der Waals surface area (Å²) < 4.78 is 7.02. The number of aryl methyl sites for hydroxylation is 1. The molecule has 1 heterocycles. The van der Waals surface area contributed by atoms with Crippen molar-refractivity contribution in [3.05, 3.63) is 11.6 Å². The summed E-state index contributed by atoms with van der Waals surface area (Å²) in [5.41, 5.74) is 0. The number of rotatable bonds is 9. The molecule has 2 N–H and O–H groups in total. The monoisotopic (exact) mass is 438 g/mol. The third-order valence-electron chi connectivity index (χ3n) is 3.41. The predicted molar refractivity (Wildman–Crippen MR) is 104 cm³/mol. The number of guanidine groups is 1. The Balaban J connectivity index is 0.00000484. The Bertz CT molecular complexity index is 461. The van der Waals surface area contributed by atoms with Gasteiger partial charge in [-0.2, -0.15) is 0 Å². The van der Waals surface area contributed by atoms with Gasteiger partial charge >= 0.3 is 0 Å². The Morgan fingerprint density at radius 2 is 1.96 bits per heavy atom. The van der Waals surface area contributed by atoms with Gasteiger partial charge in [0, 0.05) is 27.2 Å². The number of aliphatic imine (C=N–C) groups is 1. The lowest BCUT2D eigenvalue weighted by molar-refractivity contribution is 0.203. The highest BCUT2D eigenvalue weighted by molar-refractivity contribution is 14.0.